The fourth-order valence-corrected chi connectivity index (χ4v) is 2.35. The molecule has 0 bridgehead atoms. The molecule has 0 aromatic heterocycles. The zero-order chi connectivity index (χ0) is 11.0. The number of rotatable bonds is 2. The van der Waals surface area contributed by atoms with Crippen LogP contribution in [0.3, 0.4) is 0 Å². The third-order valence-corrected chi connectivity index (χ3v) is 3.07. The monoisotopic (exact) mass is 221 g/mol. The number of hydrogen-bond donors (Lipinski definition) is 1. The summed E-state index contributed by atoms with van der Waals surface area (Å²) in [6.45, 7) is 1.89. The van der Waals surface area contributed by atoms with Gasteiger partial charge >= 0.3 is 0 Å². The lowest BCUT2D eigenvalue weighted by Gasteiger charge is -2.26. The molecular weight excluding hydrogens is 206 g/mol. The molecule has 1 N–H and O–H groups in total. The maximum Gasteiger partial charge on any atom is 0.231 e. The topological polar surface area (TPSA) is 39.7 Å². The van der Waals surface area contributed by atoms with Crippen molar-refractivity contribution in [3.05, 3.63) is 23.3 Å². The Hall–Kier alpha value is -1.26. The first kappa shape index (κ1) is 9.93. The van der Waals surface area contributed by atoms with Crippen molar-refractivity contribution < 1.29 is 14.2 Å². The zero-order valence-corrected chi connectivity index (χ0v) is 9.29. The highest BCUT2D eigenvalue weighted by molar-refractivity contribution is 5.54. The smallest absolute Gasteiger partial charge is 0.231 e. The molecule has 0 spiro atoms. The summed E-state index contributed by atoms with van der Waals surface area (Å²) >= 11 is 0. The molecule has 4 nitrogen and oxygen atoms in total. The van der Waals surface area contributed by atoms with E-state index in [4.69, 9.17) is 14.2 Å². The predicted octanol–water partition coefficient (Wildman–Crippen LogP) is 1.25. The summed E-state index contributed by atoms with van der Waals surface area (Å²) in [6, 6.07) is 4.11. The van der Waals surface area contributed by atoms with Crippen LogP contribution in [-0.2, 0) is 11.2 Å². The van der Waals surface area contributed by atoms with Gasteiger partial charge in [0.2, 0.25) is 6.79 Å². The van der Waals surface area contributed by atoms with Crippen LogP contribution in [0.5, 0.6) is 11.5 Å². The molecule has 0 saturated heterocycles. The van der Waals surface area contributed by atoms with Crippen LogP contribution in [0.4, 0.5) is 0 Å². The minimum atomic E-state index is 0.0744. The Morgan fingerprint density at radius 3 is 3.19 bits per heavy atom. The summed E-state index contributed by atoms with van der Waals surface area (Å²) in [6.07, 6.45) is 1.03. The average Bonchev–Trinajstić information content (AvgIpc) is 2.77. The van der Waals surface area contributed by atoms with Crippen molar-refractivity contribution in [2.24, 2.45) is 0 Å². The van der Waals surface area contributed by atoms with E-state index >= 15 is 0 Å². The molecule has 1 aromatic carbocycles. The van der Waals surface area contributed by atoms with Gasteiger partial charge in [0.05, 0.1) is 12.7 Å². The van der Waals surface area contributed by atoms with Crippen LogP contribution < -0.4 is 14.8 Å². The summed E-state index contributed by atoms with van der Waals surface area (Å²) in [5.74, 6) is 1.71. The molecule has 3 rings (SSSR count). The number of hydrogen-bond acceptors (Lipinski definition) is 4. The Balaban J connectivity index is 2.06. The lowest BCUT2D eigenvalue weighted by Crippen LogP contribution is -2.25. The Morgan fingerprint density at radius 2 is 2.31 bits per heavy atom. The highest BCUT2D eigenvalue weighted by Gasteiger charge is 2.29. The second kappa shape index (κ2) is 3.96. The summed E-state index contributed by atoms with van der Waals surface area (Å²) in [4.78, 5) is 0. The van der Waals surface area contributed by atoms with Crippen LogP contribution in [0, 0.1) is 0 Å². The SMILES string of the molecule is CNCC1OCCc2ccc3c(c21)OCO3. The summed E-state index contributed by atoms with van der Waals surface area (Å²) < 4.78 is 16.7. The van der Waals surface area contributed by atoms with Gasteiger partial charge in [0.1, 0.15) is 0 Å². The molecule has 0 amide bonds. The van der Waals surface area contributed by atoms with Crippen molar-refractivity contribution >= 4 is 0 Å². The van der Waals surface area contributed by atoms with Crippen molar-refractivity contribution in [2.45, 2.75) is 12.5 Å². The van der Waals surface area contributed by atoms with Crippen LogP contribution in [-0.4, -0.2) is 27.0 Å². The van der Waals surface area contributed by atoms with E-state index in [1.807, 2.05) is 13.1 Å². The van der Waals surface area contributed by atoms with Crippen molar-refractivity contribution in [2.75, 3.05) is 27.0 Å². The van der Waals surface area contributed by atoms with E-state index in [0.717, 1.165) is 36.6 Å². The Bertz CT molecular complexity index is 405. The largest absolute Gasteiger partial charge is 0.454 e. The fraction of sp³-hybridized carbons (Fsp3) is 0.500. The minimum absolute atomic E-state index is 0.0744. The van der Waals surface area contributed by atoms with Gasteiger partial charge in [-0.1, -0.05) is 6.07 Å². The first-order valence-corrected chi connectivity index (χ1v) is 5.57. The lowest BCUT2D eigenvalue weighted by molar-refractivity contribution is 0.0415. The summed E-state index contributed by atoms with van der Waals surface area (Å²) in [5.41, 5.74) is 2.48. The second-order valence-electron chi connectivity index (χ2n) is 4.04. The van der Waals surface area contributed by atoms with E-state index in [1.54, 1.807) is 0 Å². The van der Waals surface area contributed by atoms with Gasteiger partial charge in [-0.3, -0.25) is 0 Å². The standard InChI is InChI=1S/C12H15NO3/c1-13-6-10-11-8(4-5-14-10)2-3-9-12(11)16-7-15-9/h2-3,10,13H,4-7H2,1H3. The third kappa shape index (κ3) is 1.45. The molecule has 2 heterocycles. The molecule has 0 radical (unpaired) electrons. The van der Waals surface area contributed by atoms with Gasteiger partial charge in [0.25, 0.3) is 0 Å². The average molecular weight is 221 g/mol. The first-order valence-electron chi connectivity index (χ1n) is 5.57. The summed E-state index contributed by atoms with van der Waals surface area (Å²) in [5, 5.41) is 3.15. The lowest BCUT2D eigenvalue weighted by atomic mass is 9.96. The van der Waals surface area contributed by atoms with Crippen LogP contribution >= 0.6 is 0 Å². The van der Waals surface area contributed by atoms with Crippen LogP contribution in [0.1, 0.15) is 17.2 Å². The van der Waals surface area contributed by atoms with Gasteiger partial charge in [-0.25, -0.2) is 0 Å². The molecule has 1 unspecified atom stereocenters. The van der Waals surface area contributed by atoms with E-state index < -0.39 is 0 Å². The number of fused-ring (bicyclic) bond motifs is 3. The quantitative estimate of drug-likeness (QED) is 0.816. The van der Waals surface area contributed by atoms with Crippen LogP contribution in [0.2, 0.25) is 0 Å². The van der Waals surface area contributed by atoms with Gasteiger partial charge in [-0.2, -0.15) is 0 Å². The maximum absolute atomic E-state index is 5.77. The van der Waals surface area contributed by atoms with Gasteiger partial charge in [-0.05, 0) is 25.1 Å². The van der Waals surface area contributed by atoms with Crippen molar-refractivity contribution in [1.82, 2.24) is 5.32 Å². The molecule has 0 aliphatic carbocycles. The second-order valence-corrected chi connectivity index (χ2v) is 4.04. The van der Waals surface area contributed by atoms with Gasteiger partial charge in [0.15, 0.2) is 11.5 Å². The van der Waals surface area contributed by atoms with Gasteiger partial charge < -0.3 is 19.5 Å². The Kier molecular flexibility index (Phi) is 2.46. The number of benzene rings is 1. The molecule has 4 heteroatoms. The Morgan fingerprint density at radius 1 is 1.38 bits per heavy atom. The first-order chi connectivity index (χ1) is 7.90. The van der Waals surface area contributed by atoms with Gasteiger partial charge in [-0.15, -0.1) is 0 Å². The maximum atomic E-state index is 5.77. The Labute approximate surface area is 94.5 Å². The highest BCUT2D eigenvalue weighted by atomic mass is 16.7. The number of ether oxygens (including phenoxy) is 3. The molecule has 0 fully saturated rings. The number of likely N-dealkylation sites (N-methyl/N-ethyl adjacent to an activating group) is 1. The zero-order valence-electron chi connectivity index (χ0n) is 9.29. The van der Waals surface area contributed by atoms with Gasteiger partial charge in [0, 0.05) is 12.1 Å². The fourth-order valence-electron chi connectivity index (χ4n) is 2.35. The van der Waals surface area contributed by atoms with E-state index in [9.17, 15) is 0 Å². The van der Waals surface area contributed by atoms with Crippen molar-refractivity contribution in [3.63, 3.8) is 0 Å². The molecule has 1 atom stereocenters. The molecule has 16 heavy (non-hydrogen) atoms. The van der Waals surface area contributed by atoms with E-state index in [-0.39, 0.29) is 6.10 Å². The minimum Gasteiger partial charge on any atom is -0.454 e. The molecule has 0 saturated carbocycles. The van der Waals surface area contributed by atoms with E-state index in [2.05, 4.69) is 11.4 Å². The van der Waals surface area contributed by atoms with E-state index in [0.29, 0.717) is 6.79 Å². The summed E-state index contributed by atoms with van der Waals surface area (Å²) in [7, 11) is 1.93. The van der Waals surface area contributed by atoms with Crippen LogP contribution in [0.15, 0.2) is 12.1 Å². The molecule has 86 valence electrons. The molecule has 1 aromatic rings. The number of nitrogens with one attached hydrogen (secondary N) is 1. The van der Waals surface area contributed by atoms with E-state index in [1.165, 1.54) is 5.56 Å². The third-order valence-electron chi connectivity index (χ3n) is 3.07. The molecule has 2 aliphatic heterocycles. The highest BCUT2D eigenvalue weighted by Crippen LogP contribution is 2.43. The molecule has 2 aliphatic rings. The molecular formula is C12H15NO3. The predicted molar refractivity (Wildman–Crippen MR) is 58.9 cm³/mol. The normalized spacial score (nSPS) is 21.9. The van der Waals surface area contributed by atoms with Crippen molar-refractivity contribution in [3.8, 4) is 11.5 Å². The van der Waals surface area contributed by atoms with Crippen LogP contribution in [0.25, 0.3) is 0 Å². The van der Waals surface area contributed by atoms with Crippen molar-refractivity contribution in [1.29, 1.82) is 0 Å².